The summed E-state index contributed by atoms with van der Waals surface area (Å²) in [7, 11) is -2.78. The lowest BCUT2D eigenvalue weighted by Gasteiger charge is -2.22. The van der Waals surface area contributed by atoms with Gasteiger partial charge in [-0.3, -0.25) is 0 Å². The Kier molecular flexibility index (Phi) is 3.19. The number of rotatable bonds is 2. The van der Waals surface area contributed by atoms with Crippen LogP contribution in [0.15, 0.2) is 24.3 Å². The fourth-order valence-electron chi connectivity index (χ4n) is 2.14. The Morgan fingerprint density at radius 1 is 1.19 bits per heavy atom. The molecule has 0 radical (unpaired) electrons. The second kappa shape index (κ2) is 4.45. The molecule has 1 aliphatic rings. The van der Waals surface area contributed by atoms with E-state index >= 15 is 0 Å². The highest BCUT2D eigenvalue weighted by atomic mass is 32.2. The molecule has 0 saturated carbocycles. The number of aromatic hydroxyl groups is 1. The second-order valence-electron chi connectivity index (χ2n) is 4.43. The average molecular weight is 240 g/mol. The van der Waals surface area contributed by atoms with Crippen LogP contribution in [0.4, 0.5) is 0 Å². The fraction of sp³-hybridized carbons (Fsp3) is 0.500. The van der Waals surface area contributed by atoms with Crippen molar-refractivity contribution in [1.29, 1.82) is 0 Å². The van der Waals surface area contributed by atoms with Crippen LogP contribution in [0.3, 0.4) is 0 Å². The summed E-state index contributed by atoms with van der Waals surface area (Å²) < 4.78 is 22.5. The Labute approximate surface area is 96.0 Å². The summed E-state index contributed by atoms with van der Waals surface area (Å²) in [5.41, 5.74) is 0.923. The average Bonchev–Trinajstić information content (AvgIpc) is 2.24. The minimum Gasteiger partial charge on any atom is -0.508 e. The SMILES string of the molecule is O=S1(=O)CCC(Cc2ccccc2O)CC1. The van der Waals surface area contributed by atoms with Crippen molar-refractivity contribution in [2.24, 2.45) is 5.92 Å². The first kappa shape index (κ1) is 11.5. The van der Waals surface area contributed by atoms with Gasteiger partial charge in [0.05, 0.1) is 11.5 Å². The minimum absolute atomic E-state index is 0.297. The molecule has 0 aliphatic carbocycles. The molecule has 16 heavy (non-hydrogen) atoms. The van der Waals surface area contributed by atoms with Gasteiger partial charge < -0.3 is 5.11 Å². The van der Waals surface area contributed by atoms with E-state index < -0.39 is 9.84 Å². The minimum atomic E-state index is -2.78. The first-order valence-electron chi connectivity index (χ1n) is 5.54. The van der Waals surface area contributed by atoms with Crippen LogP contribution in [0.25, 0.3) is 0 Å². The van der Waals surface area contributed by atoms with E-state index in [1.165, 1.54) is 0 Å². The summed E-state index contributed by atoms with van der Waals surface area (Å²) >= 11 is 0. The van der Waals surface area contributed by atoms with Gasteiger partial charge in [-0.1, -0.05) is 18.2 Å². The second-order valence-corrected chi connectivity index (χ2v) is 6.73. The van der Waals surface area contributed by atoms with Gasteiger partial charge in [0.15, 0.2) is 0 Å². The lowest BCUT2D eigenvalue weighted by Crippen LogP contribution is -2.24. The summed E-state index contributed by atoms with van der Waals surface area (Å²) in [4.78, 5) is 0. The highest BCUT2D eigenvalue weighted by Gasteiger charge is 2.24. The molecule has 0 spiro atoms. The van der Waals surface area contributed by atoms with E-state index in [0.29, 0.717) is 23.2 Å². The van der Waals surface area contributed by atoms with Gasteiger partial charge in [-0.25, -0.2) is 8.42 Å². The summed E-state index contributed by atoms with van der Waals surface area (Å²) in [5.74, 6) is 1.30. The molecule has 1 saturated heterocycles. The van der Waals surface area contributed by atoms with E-state index in [2.05, 4.69) is 0 Å². The van der Waals surface area contributed by atoms with Crippen LogP contribution in [-0.4, -0.2) is 25.0 Å². The largest absolute Gasteiger partial charge is 0.508 e. The number of phenolic OH excluding ortho intramolecular Hbond substituents is 1. The molecule has 88 valence electrons. The number of hydrogen-bond donors (Lipinski definition) is 1. The van der Waals surface area contributed by atoms with Crippen LogP contribution in [0.1, 0.15) is 18.4 Å². The van der Waals surface area contributed by atoms with Gasteiger partial charge in [0.25, 0.3) is 0 Å². The summed E-state index contributed by atoms with van der Waals surface area (Å²) in [5, 5.41) is 9.63. The Morgan fingerprint density at radius 2 is 1.81 bits per heavy atom. The Hall–Kier alpha value is -1.03. The van der Waals surface area contributed by atoms with Crippen molar-refractivity contribution in [3.8, 4) is 5.75 Å². The van der Waals surface area contributed by atoms with Crippen LogP contribution in [0, 0.1) is 5.92 Å². The standard InChI is InChI=1S/C12H16O3S/c13-12-4-2-1-3-11(12)9-10-5-7-16(14,15)8-6-10/h1-4,10,13H,5-9H2. The monoisotopic (exact) mass is 240 g/mol. The van der Waals surface area contributed by atoms with Crippen molar-refractivity contribution >= 4 is 9.84 Å². The maximum atomic E-state index is 11.3. The smallest absolute Gasteiger partial charge is 0.150 e. The molecule has 1 heterocycles. The zero-order valence-electron chi connectivity index (χ0n) is 9.09. The summed E-state index contributed by atoms with van der Waals surface area (Å²) in [6.07, 6.45) is 2.22. The molecule has 4 heteroatoms. The fourth-order valence-corrected chi connectivity index (χ4v) is 3.73. The molecule has 0 aromatic heterocycles. The molecular formula is C12H16O3S. The van der Waals surface area contributed by atoms with E-state index in [1.54, 1.807) is 12.1 Å². The zero-order valence-corrected chi connectivity index (χ0v) is 9.91. The van der Waals surface area contributed by atoms with Crippen LogP contribution in [0.2, 0.25) is 0 Å². The van der Waals surface area contributed by atoms with Crippen molar-refractivity contribution in [2.45, 2.75) is 19.3 Å². The van der Waals surface area contributed by atoms with Crippen LogP contribution < -0.4 is 0 Å². The molecule has 1 aromatic carbocycles. The molecule has 0 bridgehead atoms. The van der Waals surface area contributed by atoms with Gasteiger partial charge in [-0.15, -0.1) is 0 Å². The lowest BCUT2D eigenvalue weighted by molar-refractivity contribution is 0.435. The highest BCUT2D eigenvalue weighted by molar-refractivity contribution is 7.91. The molecule has 1 aliphatic heterocycles. The van der Waals surface area contributed by atoms with E-state index in [0.717, 1.165) is 24.8 Å². The van der Waals surface area contributed by atoms with Gasteiger partial charge >= 0.3 is 0 Å². The normalized spacial score (nSPS) is 20.8. The van der Waals surface area contributed by atoms with Gasteiger partial charge in [-0.05, 0) is 36.8 Å². The number of benzene rings is 1. The predicted molar refractivity (Wildman–Crippen MR) is 63.2 cm³/mol. The van der Waals surface area contributed by atoms with Gasteiger partial charge in [0, 0.05) is 0 Å². The Bertz CT molecular complexity index is 451. The predicted octanol–water partition coefficient (Wildman–Crippen LogP) is 1.76. The Morgan fingerprint density at radius 3 is 2.44 bits per heavy atom. The number of hydrogen-bond acceptors (Lipinski definition) is 3. The Balaban J connectivity index is 2.00. The summed E-state index contributed by atoms with van der Waals surface area (Å²) in [6.45, 7) is 0. The molecule has 1 fully saturated rings. The van der Waals surface area contributed by atoms with Crippen molar-refractivity contribution in [2.75, 3.05) is 11.5 Å². The van der Waals surface area contributed by atoms with Crippen LogP contribution in [-0.2, 0) is 16.3 Å². The lowest BCUT2D eigenvalue weighted by atomic mass is 9.94. The van der Waals surface area contributed by atoms with Crippen molar-refractivity contribution < 1.29 is 13.5 Å². The highest BCUT2D eigenvalue weighted by Crippen LogP contribution is 2.26. The first-order valence-corrected chi connectivity index (χ1v) is 7.36. The number of sulfone groups is 1. The topological polar surface area (TPSA) is 54.4 Å². The maximum Gasteiger partial charge on any atom is 0.150 e. The molecule has 3 nitrogen and oxygen atoms in total. The maximum absolute atomic E-state index is 11.3. The molecular weight excluding hydrogens is 224 g/mol. The van der Waals surface area contributed by atoms with Crippen LogP contribution in [0.5, 0.6) is 5.75 Å². The van der Waals surface area contributed by atoms with E-state index in [4.69, 9.17) is 0 Å². The molecule has 2 rings (SSSR count). The van der Waals surface area contributed by atoms with Crippen molar-refractivity contribution in [1.82, 2.24) is 0 Å². The van der Waals surface area contributed by atoms with Crippen molar-refractivity contribution in [3.05, 3.63) is 29.8 Å². The molecule has 0 amide bonds. The van der Waals surface area contributed by atoms with Crippen LogP contribution >= 0.6 is 0 Å². The molecule has 1 N–H and O–H groups in total. The number of para-hydroxylation sites is 1. The van der Waals surface area contributed by atoms with Gasteiger partial charge in [0.2, 0.25) is 0 Å². The third kappa shape index (κ3) is 2.76. The van der Waals surface area contributed by atoms with Crippen molar-refractivity contribution in [3.63, 3.8) is 0 Å². The third-order valence-corrected chi connectivity index (χ3v) is 4.89. The van der Waals surface area contributed by atoms with E-state index in [9.17, 15) is 13.5 Å². The third-order valence-electron chi connectivity index (χ3n) is 3.17. The molecule has 0 unspecified atom stereocenters. The van der Waals surface area contributed by atoms with E-state index in [-0.39, 0.29) is 0 Å². The number of phenols is 1. The quantitative estimate of drug-likeness (QED) is 0.857. The molecule has 0 atom stereocenters. The van der Waals surface area contributed by atoms with E-state index in [1.807, 2.05) is 12.1 Å². The van der Waals surface area contributed by atoms with Gasteiger partial charge in [0.1, 0.15) is 15.6 Å². The molecule has 1 aromatic rings. The first-order chi connectivity index (χ1) is 7.57. The van der Waals surface area contributed by atoms with Gasteiger partial charge in [-0.2, -0.15) is 0 Å². The zero-order chi connectivity index (χ0) is 11.6. The summed E-state index contributed by atoms with van der Waals surface area (Å²) in [6, 6.07) is 7.27.